The Bertz CT molecular complexity index is 692. The summed E-state index contributed by atoms with van der Waals surface area (Å²) in [5, 5.41) is 4.07. The predicted molar refractivity (Wildman–Crippen MR) is 88.7 cm³/mol. The second-order valence-electron chi connectivity index (χ2n) is 5.19. The first kappa shape index (κ1) is 14.7. The normalized spacial score (nSPS) is 20.2. The highest BCUT2D eigenvalue weighted by Gasteiger charge is 2.31. The first-order valence-corrected chi connectivity index (χ1v) is 7.43. The van der Waals surface area contributed by atoms with Gasteiger partial charge in [0.2, 0.25) is 0 Å². The summed E-state index contributed by atoms with van der Waals surface area (Å²) in [7, 11) is 1.63. The zero-order chi connectivity index (χ0) is 15.5. The molecule has 0 unspecified atom stereocenters. The number of allylic oxidation sites excluding steroid dienone is 1. The van der Waals surface area contributed by atoms with Crippen molar-refractivity contribution in [2.24, 2.45) is 0 Å². The van der Waals surface area contributed by atoms with Crippen molar-refractivity contribution >= 4 is 23.1 Å². The molecule has 1 aliphatic carbocycles. The van der Waals surface area contributed by atoms with Gasteiger partial charge in [-0.15, -0.1) is 0 Å². The van der Waals surface area contributed by atoms with Gasteiger partial charge in [-0.1, -0.05) is 29.8 Å². The molecule has 0 aromatic heterocycles. The highest BCUT2D eigenvalue weighted by Crippen LogP contribution is 2.31. The Morgan fingerprint density at radius 2 is 1.73 bits per heavy atom. The number of nitrogens with one attached hydrogen (secondary N) is 1. The number of hydrogen-bond acceptors (Lipinski definition) is 3. The number of ketones is 1. The summed E-state index contributed by atoms with van der Waals surface area (Å²) in [6.45, 7) is 0. The average molecular weight is 314 g/mol. The number of rotatable bonds is 4. The van der Waals surface area contributed by atoms with Gasteiger partial charge in [-0.05, 0) is 48.0 Å². The molecule has 2 aromatic carbocycles. The van der Waals surface area contributed by atoms with Gasteiger partial charge in [0.25, 0.3) is 0 Å². The number of methoxy groups -OCH3 is 1. The first-order valence-electron chi connectivity index (χ1n) is 7.05. The van der Waals surface area contributed by atoms with E-state index in [4.69, 9.17) is 16.3 Å². The third-order valence-corrected chi connectivity index (χ3v) is 4.04. The Labute approximate surface area is 134 Å². The molecule has 0 amide bonds. The van der Waals surface area contributed by atoms with Crippen molar-refractivity contribution in [1.82, 2.24) is 0 Å². The summed E-state index contributed by atoms with van der Waals surface area (Å²) in [5.74, 6) is 0.669. The standard InChI is InChI=1S/C18H16ClNO2/c1-22-15-8-2-12(3-9-15)18-16(10-11-17(18)21)20-14-6-4-13(19)5-7-14/h2-11,16,18,20H,1H3/t16-,18+/m1/s1. The monoisotopic (exact) mass is 313 g/mol. The Balaban J connectivity index is 1.81. The Morgan fingerprint density at radius 1 is 1.05 bits per heavy atom. The van der Waals surface area contributed by atoms with Crippen LogP contribution in [0, 0.1) is 0 Å². The summed E-state index contributed by atoms with van der Waals surface area (Å²) in [6, 6.07) is 15.0. The highest BCUT2D eigenvalue weighted by atomic mass is 35.5. The van der Waals surface area contributed by atoms with E-state index >= 15 is 0 Å². The van der Waals surface area contributed by atoms with Crippen LogP contribution in [0.1, 0.15) is 11.5 Å². The largest absolute Gasteiger partial charge is 0.497 e. The fourth-order valence-electron chi connectivity index (χ4n) is 2.64. The van der Waals surface area contributed by atoms with Crippen LogP contribution in [-0.4, -0.2) is 18.9 Å². The average Bonchev–Trinajstić information content (AvgIpc) is 2.90. The van der Waals surface area contributed by atoms with Crippen LogP contribution < -0.4 is 10.1 Å². The van der Waals surface area contributed by atoms with E-state index in [0.717, 1.165) is 17.0 Å². The van der Waals surface area contributed by atoms with Gasteiger partial charge in [-0.25, -0.2) is 0 Å². The van der Waals surface area contributed by atoms with Crippen LogP contribution in [0.2, 0.25) is 5.02 Å². The van der Waals surface area contributed by atoms with Gasteiger partial charge in [0.1, 0.15) is 5.75 Å². The van der Waals surface area contributed by atoms with Gasteiger partial charge < -0.3 is 10.1 Å². The summed E-state index contributed by atoms with van der Waals surface area (Å²) in [5.41, 5.74) is 1.91. The molecule has 0 saturated heterocycles. The predicted octanol–water partition coefficient (Wildman–Crippen LogP) is 4.05. The first-order chi connectivity index (χ1) is 10.7. The van der Waals surface area contributed by atoms with Crippen LogP contribution in [0.5, 0.6) is 5.75 Å². The fourth-order valence-corrected chi connectivity index (χ4v) is 2.77. The number of benzene rings is 2. The molecular weight excluding hydrogens is 298 g/mol. The molecule has 112 valence electrons. The van der Waals surface area contributed by atoms with Crippen molar-refractivity contribution in [2.75, 3.05) is 12.4 Å². The Kier molecular flexibility index (Phi) is 4.16. The van der Waals surface area contributed by atoms with Gasteiger partial charge >= 0.3 is 0 Å². The third kappa shape index (κ3) is 3.00. The van der Waals surface area contributed by atoms with Gasteiger partial charge in [0.15, 0.2) is 5.78 Å². The zero-order valence-corrected chi connectivity index (χ0v) is 12.9. The molecule has 0 saturated carbocycles. The van der Waals surface area contributed by atoms with Crippen molar-refractivity contribution in [3.8, 4) is 5.75 Å². The summed E-state index contributed by atoms with van der Waals surface area (Å²) >= 11 is 5.90. The lowest BCUT2D eigenvalue weighted by molar-refractivity contribution is -0.115. The molecule has 1 N–H and O–H groups in total. The van der Waals surface area contributed by atoms with E-state index in [2.05, 4.69) is 5.32 Å². The topological polar surface area (TPSA) is 38.3 Å². The van der Waals surface area contributed by atoms with Crippen LogP contribution in [-0.2, 0) is 4.79 Å². The fraction of sp³-hybridized carbons (Fsp3) is 0.167. The van der Waals surface area contributed by atoms with Crippen molar-refractivity contribution in [3.05, 3.63) is 71.3 Å². The van der Waals surface area contributed by atoms with Crippen LogP contribution >= 0.6 is 11.6 Å². The summed E-state index contributed by atoms with van der Waals surface area (Å²) in [4.78, 5) is 12.2. The lowest BCUT2D eigenvalue weighted by Gasteiger charge is -2.21. The number of hydrogen-bond donors (Lipinski definition) is 1. The molecular formula is C18H16ClNO2. The van der Waals surface area contributed by atoms with E-state index in [-0.39, 0.29) is 17.7 Å². The molecule has 2 atom stereocenters. The maximum atomic E-state index is 12.2. The molecule has 22 heavy (non-hydrogen) atoms. The highest BCUT2D eigenvalue weighted by molar-refractivity contribution is 6.30. The molecule has 1 aliphatic rings. The van der Waals surface area contributed by atoms with E-state index in [9.17, 15) is 4.79 Å². The van der Waals surface area contributed by atoms with Crippen LogP contribution in [0.25, 0.3) is 0 Å². The van der Waals surface area contributed by atoms with E-state index in [0.29, 0.717) is 5.02 Å². The van der Waals surface area contributed by atoms with Crippen molar-refractivity contribution in [2.45, 2.75) is 12.0 Å². The van der Waals surface area contributed by atoms with E-state index in [1.807, 2.05) is 54.6 Å². The maximum absolute atomic E-state index is 12.2. The molecule has 0 spiro atoms. The van der Waals surface area contributed by atoms with Crippen molar-refractivity contribution in [3.63, 3.8) is 0 Å². The second kappa shape index (κ2) is 6.24. The molecule has 3 rings (SSSR count). The molecule has 3 nitrogen and oxygen atoms in total. The Hall–Kier alpha value is -2.26. The lowest BCUT2D eigenvalue weighted by atomic mass is 9.92. The Morgan fingerprint density at radius 3 is 2.36 bits per heavy atom. The third-order valence-electron chi connectivity index (χ3n) is 3.79. The number of carbonyl (C=O) groups excluding carboxylic acids is 1. The van der Waals surface area contributed by atoms with E-state index in [1.165, 1.54) is 0 Å². The minimum Gasteiger partial charge on any atom is -0.497 e. The van der Waals surface area contributed by atoms with Crippen LogP contribution in [0.15, 0.2) is 60.7 Å². The van der Waals surface area contributed by atoms with Gasteiger partial charge in [0.05, 0.1) is 19.1 Å². The molecule has 0 bridgehead atoms. The molecule has 0 heterocycles. The van der Waals surface area contributed by atoms with Crippen LogP contribution in [0.3, 0.4) is 0 Å². The minimum absolute atomic E-state index is 0.0675. The van der Waals surface area contributed by atoms with E-state index in [1.54, 1.807) is 13.2 Å². The quantitative estimate of drug-likeness (QED) is 0.925. The SMILES string of the molecule is COc1ccc([C@@H]2C(=O)C=C[C@H]2Nc2ccc(Cl)cc2)cc1. The second-order valence-corrected chi connectivity index (χ2v) is 5.63. The molecule has 2 aromatic rings. The zero-order valence-electron chi connectivity index (χ0n) is 12.1. The number of ether oxygens (including phenoxy) is 1. The number of halogens is 1. The molecule has 0 radical (unpaired) electrons. The van der Waals surface area contributed by atoms with E-state index < -0.39 is 0 Å². The van der Waals surface area contributed by atoms with Crippen molar-refractivity contribution in [1.29, 1.82) is 0 Å². The van der Waals surface area contributed by atoms with Gasteiger partial charge in [-0.2, -0.15) is 0 Å². The summed E-state index contributed by atoms with van der Waals surface area (Å²) < 4.78 is 5.16. The smallest absolute Gasteiger partial charge is 0.165 e. The van der Waals surface area contributed by atoms with Crippen LogP contribution in [0.4, 0.5) is 5.69 Å². The molecule has 4 heteroatoms. The van der Waals surface area contributed by atoms with Gasteiger partial charge in [-0.3, -0.25) is 4.79 Å². The number of anilines is 1. The minimum atomic E-state index is -0.221. The lowest BCUT2D eigenvalue weighted by Crippen LogP contribution is -2.26. The molecule has 0 aliphatic heterocycles. The number of carbonyl (C=O) groups is 1. The van der Waals surface area contributed by atoms with Crippen molar-refractivity contribution < 1.29 is 9.53 Å². The van der Waals surface area contributed by atoms with Gasteiger partial charge in [0, 0.05) is 10.7 Å². The summed E-state index contributed by atoms with van der Waals surface area (Å²) in [6.07, 6.45) is 3.55. The molecule has 0 fully saturated rings. The maximum Gasteiger partial charge on any atom is 0.165 e.